The summed E-state index contributed by atoms with van der Waals surface area (Å²) in [5, 5.41) is 0. The minimum absolute atomic E-state index is 0.271. The lowest BCUT2D eigenvalue weighted by atomic mass is 9.83. The molecule has 1 aromatic heterocycles. The summed E-state index contributed by atoms with van der Waals surface area (Å²) in [7, 11) is 0. The Kier molecular flexibility index (Phi) is 4.24. The summed E-state index contributed by atoms with van der Waals surface area (Å²) >= 11 is 0. The van der Waals surface area contributed by atoms with Crippen molar-refractivity contribution >= 4 is 11.7 Å². The number of hydrogen-bond donors (Lipinski definition) is 2. The van der Waals surface area contributed by atoms with E-state index in [9.17, 15) is 4.79 Å². The van der Waals surface area contributed by atoms with Crippen molar-refractivity contribution in [2.24, 2.45) is 17.6 Å². The lowest BCUT2D eigenvalue weighted by Gasteiger charge is -2.26. The van der Waals surface area contributed by atoms with E-state index in [0.29, 0.717) is 23.8 Å². The summed E-state index contributed by atoms with van der Waals surface area (Å²) < 4.78 is 5.72. The molecule has 0 spiro atoms. The van der Waals surface area contributed by atoms with Gasteiger partial charge in [0.1, 0.15) is 5.82 Å². The van der Waals surface area contributed by atoms with Gasteiger partial charge in [-0.15, -0.1) is 0 Å². The molecule has 0 aliphatic heterocycles. The molecule has 0 aromatic carbocycles. The summed E-state index contributed by atoms with van der Waals surface area (Å²) in [5.74, 6) is 1.46. The molecule has 2 rings (SSSR count). The van der Waals surface area contributed by atoms with Crippen molar-refractivity contribution in [3.05, 3.63) is 17.8 Å². The number of ether oxygens (including phenoxy) is 1. The number of nitrogens with zero attached hydrogens (tertiary/aromatic N) is 1. The molecule has 1 aromatic rings. The topological polar surface area (TPSA) is 91.2 Å². The van der Waals surface area contributed by atoms with Gasteiger partial charge in [-0.05, 0) is 30.7 Å². The first-order valence-electron chi connectivity index (χ1n) is 6.74. The van der Waals surface area contributed by atoms with Crippen molar-refractivity contribution in [3.63, 3.8) is 0 Å². The van der Waals surface area contributed by atoms with Crippen LogP contribution in [0.5, 0.6) is 5.75 Å². The van der Waals surface area contributed by atoms with Crippen molar-refractivity contribution in [1.82, 2.24) is 4.98 Å². The van der Waals surface area contributed by atoms with Gasteiger partial charge in [0.25, 0.3) is 5.91 Å². The fraction of sp³-hybridized carbons (Fsp3) is 0.571. The van der Waals surface area contributed by atoms with Crippen molar-refractivity contribution in [2.75, 3.05) is 12.3 Å². The number of primary amides is 1. The molecule has 4 N–H and O–H groups in total. The minimum Gasteiger partial charge on any atom is -0.491 e. The largest absolute Gasteiger partial charge is 0.491 e. The number of carbonyl (C=O) groups excluding carboxylic acids is 1. The number of carbonyl (C=O) groups is 1. The van der Waals surface area contributed by atoms with Crippen molar-refractivity contribution in [2.45, 2.75) is 32.6 Å². The van der Waals surface area contributed by atoms with Crippen LogP contribution in [0.25, 0.3) is 0 Å². The Morgan fingerprint density at radius 2 is 2.32 bits per heavy atom. The van der Waals surface area contributed by atoms with E-state index >= 15 is 0 Å². The molecule has 2 unspecified atom stereocenters. The Balaban J connectivity index is 2.01. The summed E-state index contributed by atoms with van der Waals surface area (Å²) in [4.78, 5) is 15.3. The quantitative estimate of drug-likeness (QED) is 0.868. The van der Waals surface area contributed by atoms with E-state index in [1.165, 1.54) is 37.9 Å². The number of anilines is 1. The normalized spacial score (nSPS) is 23.0. The molecule has 104 valence electrons. The highest BCUT2D eigenvalue weighted by Crippen LogP contribution is 2.29. The SMILES string of the molecule is CC1CCCC(COc2cnc(N)cc2C(N)=O)C1. The molecule has 0 saturated heterocycles. The molecule has 1 aliphatic carbocycles. The molecule has 1 fully saturated rings. The first-order chi connectivity index (χ1) is 9.06. The van der Waals surface area contributed by atoms with Crippen LogP contribution in [0.4, 0.5) is 5.82 Å². The van der Waals surface area contributed by atoms with E-state index in [2.05, 4.69) is 11.9 Å². The van der Waals surface area contributed by atoms with E-state index in [-0.39, 0.29) is 5.82 Å². The van der Waals surface area contributed by atoms with Crippen molar-refractivity contribution in [3.8, 4) is 5.75 Å². The van der Waals surface area contributed by atoms with Gasteiger partial charge in [0.05, 0.1) is 18.4 Å². The fourth-order valence-electron chi connectivity index (χ4n) is 2.69. The first-order valence-corrected chi connectivity index (χ1v) is 6.74. The Hall–Kier alpha value is -1.78. The van der Waals surface area contributed by atoms with Crippen LogP contribution in [0, 0.1) is 11.8 Å². The van der Waals surface area contributed by atoms with E-state index in [1.807, 2.05) is 0 Å². The molecule has 19 heavy (non-hydrogen) atoms. The van der Waals surface area contributed by atoms with Crippen LogP contribution in [0.1, 0.15) is 43.0 Å². The zero-order chi connectivity index (χ0) is 13.8. The number of nitrogen functional groups attached to an aromatic ring is 1. The van der Waals surface area contributed by atoms with Crippen LogP contribution in [0.15, 0.2) is 12.3 Å². The zero-order valence-electron chi connectivity index (χ0n) is 11.3. The van der Waals surface area contributed by atoms with Gasteiger partial charge < -0.3 is 16.2 Å². The van der Waals surface area contributed by atoms with Gasteiger partial charge in [-0.25, -0.2) is 4.98 Å². The number of hydrogen-bond acceptors (Lipinski definition) is 4. The summed E-state index contributed by atoms with van der Waals surface area (Å²) in [6.07, 6.45) is 6.37. The van der Waals surface area contributed by atoms with E-state index in [4.69, 9.17) is 16.2 Å². The maximum Gasteiger partial charge on any atom is 0.252 e. The summed E-state index contributed by atoms with van der Waals surface area (Å²) in [5.41, 5.74) is 11.2. The Morgan fingerprint density at radius 1 is 1.53 bits per heavy atom. The predicted octanol–water partition coefficient (Wildman–Crippen LogP) is 1.97. The molecule has 0 bridgehead atoms. The van der Waals surface area contributed by atoms with Crippen LogP contribution in [-0.4, -0.2) is 17.5 Å². The highest BCUT2D eigenvalue weighted by Gasteiger charge is 2.20. The van der Waals surface area contributed by atoms with Gasteiger partial charge in [-0.1, -0.05) is 19.8 Å². The molecule has 1 aliphatic rings. The minimum atomic E-state index is -0.541. The second kappa shape index (κ2) is 5.91. The number of rotatable bonds is 4. The second-order valence-electron chi connectivity index (χ2n) is 5.42. The highest BCUT2D eigenvalue weighted by atomic mass is 16.5. The van der Waals surface area contributed by atoms with E-state index in [1.54, 1.807) is 0 Å². The zero-order valence-corrected chi connectivity index (χ0v) is 11.3. The average molecular weight is 263 g/mol. The van der Waals surface area contributed by atoms with Crippen molar-refractivity contribution in [1.29, 1.82) is 0 Å². The number of amides is 1. The Morgan fingerprint density at radius 3 is 3.00 bits per heavy atom. The van der Waals surface area contributed by atoms with Gasteiger partial charge in [-0.2, -0.15) is 0 Å². The maximum absolute atomic E-state index is 11.3. The predicted molar refractivity (Wildman–Crippen MR) is 73.8 cm³/mol. The molecule has 1 saturated carbocycles. The number of pyridine rings is 1. The van der Waals surface area contributed by atoms with Gasteiger partial charge in [-0.3, -0.25) is 4.79 Å². The van der Waals surface area contributed by atoms with Crippen molar-refractivity contribution < 1.29 is 9.53 Å². The van der Waals surface area contributed by atoms with E-state index < -0.39 is 5.91 Å². The van der Waals surface area contributed by atoms with Crippen LogP contribution >= 0.6 is 0 Å². The Bertz CT molecular complexity index is 462. The van der Waals surface area contributed by atoms with Crippen LogP contribution in [0.2, 0.25) is 0 Å². The standard InChI is InChI=1S/C14H21N3O2/c1-9-3-2-4-10(5-9)8-19-12-7-17-13(15)6-11(12)14(16)18/h6-7,9-10H,2-5,8H2,1H3,(H2,15,17)(H2,16,18). The monoisotopic (exact) mass is 263 g/mol. The summed E-state index contributed by atoms with van der Waals surface area (Å²) in [6, 6.07) is 1.46. The molecular formula is C14H21N3O2. The lowest BCUT2D eigenvalue weighted by Crippen LogP contribution is -2.21. The van der Waals surface area contributed by atoms with Crippen LogP contribution in [-0.2, 0) is 0 Å². The number of aromatic nitrogens is 1. The van der Waals surface area contributed by atoms with Crippen LogP contribution < -0.4 is 16.2 Å². The molecule has 1 amide bonds. The Labute approximate surface area is 113 Å². The molecule has 5 nitrogen and oxygen atoms in total. The highest BCUT2D eigenvalue weighted by molar-refractivity contribution is 5.96. The molecular weight excluding hydrogens is 242 g/mol. The maximum atomic E-state index is 11.3. The lowest BCUT2D eigenvalue weighted by molar-refractivity contribution is 0.0993. The molecule has 5 heteroatoms. The third-order valence-corrected chi connectivity index (χ3v) is 3.67. The number of nitrogens with two attached hydrogens (primary N) is 2. The smallest absolute Gasteiger partial charge is 0.252 e. The summed E-state index contributed by atoms with van der Waals surface area (Å²) in [6.45, 7) is 2.88. The van der Waals surface area contributed by atoms with Gasteiger partial charge in [0.15, 0.2) is 5.75 Å². The molecule has 2 atom stereocenters. The van der Waals surface area contributed by atoms with E-state index in [0.717, 1.165) is 5.92 Å². The fourth-order valence-corrected chi connectivity index (χ4v) is 2.69. The molecule has 1 heterocycles. The van der Waals surface area contributed by atoms with Gasteiger partial charge in [0.2, 0.25) is 0 Å². The van der Waals surface area contributed by atoms with Gasteiger partial charge >= 0.3 is 0 Å². The average Bonchev–Trinajstić information content (AvgIpc) is 2.37. The molecule has 0 radical (unpaired) electrons. The second-order valence-corrected chi connectivity index (χ2v) is 5.42. The third kappa shape index (κ3) is 3.59. The van der Waals surface area contributed by atoms with Gasteiger partial charge in [0, 0.05) is 0 Å². The first kappa shape index (κ1) is 13.6. The van der Waals surface area contributed by atoms with Crippen LogP contribution in [0.3, 0.4) is 0 Å². The third-order valence-electron chi connectivity index (χ3n) is 3.67.